The van der Waals surface area contributed by atoms with E-state index < -0.39 is 0 Å². The molecule has 0 saturated heterocycles. The summed E-state index contributed by atoms with van der Waals surface area (Å²) in [6, 6.07) is 0.181. The third-order valence-corrected chi connectivity index (χ3v) is 2.40. The van der Waals surface area contributed by atoms with E-state index in [-0.39, 0.29) is 24.1 Å². The smallest absolute Gasteiger partial charge is 0.0595 e. The van der Waals surface area contributed by atoms with Crippen LogP contribution >= 0.6 is 0 Å². The number of rotatable bonds is 0. The zero-order valence-electron chi connectivity index (χ0n) is 6.33. The molecule has 4 atom stereocenters. The first-order valence-corrected chi connectivity index (χ1v) is 3.80. The number of hydrogen-bond acceptors (Lipinski definition) is 3. The van der Waals surface area contributed by atoms with Crippen LogP contribution in [0.1, 0.15) is 19.8 Å². The minimum absolute atomic E-state index is 0.0822. The van der Waals surface area contributed by atoms with E-state index in [1.54, 1.807) is 0 Å². The van der Waals surface area contributed by atoms with Gasteiger partial charge in [0.05, 0.1) is 6.10 Å². The minimum Gasteiger partial charge on any atom is -0.393 e. The molecular weight excluding hydrogens is 128 g/mol. The van der Waals surface area contributed by atoms with Crippen molar-refractivity contribution >= 4 is 0 Å². The van der Waals surface area contributed by atoms with Crippen molar-refractivity contribution in [3.63, 3.8) is 0 Å². The summed E-state index contributed by atoms with van der Waals surface area (Å²) in [5.74, 6) is 0.208. The van der Waals surface area contributed by atoms with Gasteiger partial charge in [-0.15, -0.1) is 0 Å². The van der Waals surface area contributed by atoms with Gasteiger partial charge in [0.25, 0.3) is 0 Å². The van der Waals surface area contributed by atoms with Gasteiger partial charge in [0.2, 0.25) is 0 Å². The Morgan fingerprint density at radius 1 is 1.30 bits per heavy atom. The molecule has 3 heteroatoms. The molecule has 1 saturated carbocycles. The number of aliphatic hydroxyl groups is 1. The quantitative estimate of drug-likeness (QED) is 0.426. The van der Waals surface area contributed by atoms with Crippen LogP contribution in [0.4, 0.5) is 0 Å². The van der Waals surface area contributed by atoms with Crippen LogP contribution in [0.15, 0.2) is 0 Å². The van der Waals surface area contributed by atoms with Gasteiger partial charge in [-0.2, -0.15) is 0 Å². The molecule has 0 radical (unpaired) electrons. The molecule has 0 aromatic carbocycles. The highest BCUT2D eigenvalue weighted by molar-refractivity contribution is 4.87. The molecule has 0 aliphatic heterocycles. The Labute approximate surface area is 61.4 Å². The van der Waals surface area contributed by atoms with Crippen molar-refractivity contribution in [2.75, 3.05) is 0 Å². The van der Waals surface area contributed by atoms with Gasteiger partial charge in [0.15, 0.2) is 0 Å². The zero-order chi connectivity index (χ0) is 7.72. The Morgan fingerprint density at radius 2 is 1.90 bits per heavy atom. The van der Waals surface area contributed by atoms with E-state index in [9.17, 15) is 5.11 Å². The summed E-state index contributed by atoms with van der Waals surface area (Å²) in [5.41, 5.74) is 11.4. The molecule has 1 rings (SSSR count). The average molecular weight is 144 g/mol. The van der Waals surface area contributed by atoms with E-state index >= 15 is 0 Å². The highest BCUT2D eigenvalue weighted by atomic mass is 16.3. The first-order chi connectivity index (χ1) is 4.61. The summed E-state index contributed by atoms with van der Waals surface area (Å²) in [6.45, 7) is 1.97. The van der Waals surface area contributed by atoms with E-state index in [2.05, 4.69) is 0 Å². The number of hydrogen-bond donors (Lipinski definition) is 3. The fourth-order valence-electron chi connectivity index (χ4n) is 1.47. The van der Waals surface area contributed by atoms with E-state index in [4.69, 9.17) is 11.5 Å². The molecule has 0 aromatic heterocycles. The van der Waals surface area contributed by atoms with E-state index in [0.29, 0.717) is 6.42 Å². The second-order valence-electron chi connectivity index (χ2n) is 3.32. The van der Waals surface area contributed by atoms with Crippen molar-refractivity contribution in [2.24, 2.45) is 17.4 Å². The van der Waals surface area contributed by atoms with E-state index in [1.807, 2.05) is 6.92 Å². The fourth-order valence-corrected chi connectivity index (χ4v) is 1.47. The summed E-state index contributed by atoms with van der Waals surface area (Å²) < 4.78 is 0. The van der Waals surface area contributed by atoms with Crippen LogP contribution in [0.3, 0.4) is 0 Å². The maximum Gasteiger partial charge on any atom is 0.0595 e. The topological polar surface area (TPSA) is 72.3 Å². The summed E-state index contributed by atoms with van der Waals surface area (Å²) in [4.78, 5) is 0. The molecule has 1 aliphatic carbocycles. The van der Waals surface area contributed by atoms with Crippen molar-refractivity contribution < 1.29 is 5.11 Å². The molecule has 0 heterocycles. The third kappa shape index (κ3) is 1.48. The molecule has 0 unspecified atom stereocenters. The third-order valence-electron chi connectivity index (χ3n) is 2.40. The lowest BCUT2D eigenvalue weighted by Crippen LogP contribution is -2.48. The summed E-state index contributed by atoms with van der Waals surface area (Å²) in [7, 11) is 0. The maximum absolute atomic E-state index is 9.36. The normalized spacial score (nSPS) is 49.2. The largest absolute Gasteiger partial charge is 0.393 e. The molecule has 0 amide bonds. The van der Waals surface area contributed by atoms with E-state index in [0.717, 1.165) is 6.42 Å². The standard InChI is InChI=1S/C7H16N2O/c1-4-6(9)2-5(8)3-7(4)10/h4-7,10H,2-3,8-9H2,1H3/t4-,5-,6+,7-/m0/s1. The van der Waals surface area contributed by atoms with Gasteiger partial charge in [-0.3, -0.25) is 0 Å². The average Bonchev–Trinajstić information content (AvgIpc) is 1.82. The van der Waals surface area contributed by atoms with Crippen molar-refractivity contribution in [1.29, 1.82) is 0 Å². The molecule has 60 valence electrons. The molecular formula is C7H16N2O. The predicted molar refractivity (Wildman–Crippen MR) is 40.4 cm³/mol. The van der Waals surface area contributed by atoms with Crippen molar-refractivity contribution in [3.8, 4) is 0 Å². The predicted octanol–water partition coefficient (Wildman–Crippen LogP) is -0.568. The number of nitrogens with two attached hydrogens (primary N) is 2. The minimum atomic E-state index is -0.293. The Bertz CT molecular complexity index is 106. The van der Waals surface area contributed by atoms with Crippen LogP contribution in [0.5, 0.6) is 0 Å². The Hall–Kier alpha value is -0.120. The van der Waals surface area contributed by atoms with Crippen molar-refractivity contribution in [1.82, 2.24) is 0 Å². The second kappa shape index (κ2) is 2.86. The lowest BCUT2D eigenvalue weighted by molar-refractivity contribution is 0.0584. The van der Waals surface area contributed by atoms with Gasteiger partial charge in [-0.25, -0.2) is 0 Å². The molecule has 10 heavy (non-hydrogen) atoms. The summed E-state index contributed by atoms with van der Waals surface area (Å²) in [6.07, 6.45) is 1.26. The van der Waals surface area contributed by atoms with Crippen LogP contribution < -0.4 is 11.5 Å². The maximum atomic E-state index is 9.36. The first-order valence-electron chi connectivity index (χ1n) is 3.80. The lowest BCUT2D eigenvalue weighted by atomic mass is 9.81. The second-order valence-corrected chi connectivity index (χ2v) is 3.32. The molecule has 0 aromatic rings. The van der Waals surface area contributed by atoms with E-state index in [1.165, 1.54) is 0 Å². The summed E-state index contributed by atoms with van der Waals surface area (Å²) in [5, 5.41) is 9.36. The monoisotopic (exact) mass is 144 g/mol. The van der Waals surface area contributed by atoms with Gasteiger partial charge in [-0.1, -0.05) is 6.92 Å². The highest BCUT2D eigenvalue weighted by Gasteiger charge is 2.29. The number of aliphatic hydroxyl groups excluding tert-OH is 1. The van der Waals surface area contributed by atoms with Gasteiger partial charge in [0.1, 0.15) is 0 Å². The zero-order valence-corrected chi connectivity index (χ0v) is 6.33. The van der Waals surface area contributed by atoms with Crippen LogP contribution in [-0.2, 0) is 0 Å². The SMILES string of the molecule is C[C@H]1[C@H](N)C[C@H](N)C[C@@H]1O. The van der Waals surface area contributed by atoms with Crippen molar-refractivity contribution in [3.05, 3.63) is 0 Å². The molecule has 1 aliphatic rings. The van der Waals surface area contributed by atoms with Crippen LogP contribution in [-0.4, -0.2) is 23.3 Å². The highest BCUT2D eigenvalue weighted by Crippen LogP contribution is 2.21. The molecule has 0 spiro atoms. The molecule has 5 N–H and O–H groups in total. The van der Waals surface area contributed by atoms with Crippen LogP contribution in [0.25, 0.3) is 0 Å². The summed E-state index contributed by atoms with van der Waals surface area (Å²) >= 11 is 0. The van der Waals surface area contributed by atoms with Gasteiger partial charge in [0, 0.05) is 12.1 Å². The molecule has 3 nitrogen and oxygen atoms in total. The van der Waals surface area contributed by atoms with Gasteiger partial charge < -0.3 is 16.6 Å². The van der Waals surface area contributed by atoms with Crippen LogP contribution in [0, 0.1) is 5.92 Å². The fraction of sp³-hybridized carbons (Fsp3) is 1.00. The first kappa shape index (κ1) is 7.98. The van der Waals surface area contributed by atoms with Gasteiger partial charge >= 0.3 is 0 Å². The van der Waals surface area contributed by atoms with Crippen LogP contribution in [0.2, 0.25) is 0 Å². The lowest BCUT2D eigenvalue weighted by Gasteiger charge is -2.33. The molecule has 1 fully saturated rings. The Kier molecular flexibility index (Phi) is 2.28. The molecule has 0 bridgehead atoms. The van der Waals surface area contributed by atoms with Gasteiger partial charge in [-0.05, 0) is 18.8 Å². The Morgan fingerprint density at radius 3 is 2.40 bits per heavy atom. The Balaban J connectivity index is 2.49. The van der Waals surface area contributed by atoms with Crippen molar-refractivity contribution in [2.45, 2.75) is 38.0 Å².